The summed E-state index contributed by atoms with van der Waals surface area (Å²) in [6.07, 6.45) is 1.55. The zero-order valence-electron chi connectivity index (χ0n) is 10.4. The molecule has 2 aromatic carbocycles. The molecule has 0 atom stereocenters. The van der Waals surface area contributed by atoms with E-state index in [4.69, 9.17) is 11.6 Å². The molecule has 3 nitrogen and oxygen atoms in total. The average molecular weight is 270 g/mol. The molecule has 0 aliphatic carbocycles. The summed E-state index contributed by atoms with van der Waals surface area (Å²) >= 11 is 6.04. The molecule has 0 bridgehead atoms. The molecule has 1 N–H and O–H groups in total. The van der Waals surface area contributed by atoms with Crippen molar-refractivity contribution < 1.29 is 0 Å². The van der Waals surface area contributed by atoms with Crippen LogP contribution in [-0.4, -0.2) is 9.97 Å². The van der Waals surface area contributed by atoms with E-state index in [1.54, 1.807) is 6.33 Å². The number of hydrogen-bond donors (Lipinski definition) is 1. The van der Waals surface area contributed by atoms with Crippen molar-refractivity contribution in [1.82, 2.24) is 9.97 Å². The van der Waals surface area contributed by atoms with Crippen molar-refractivity contribution in [2.45, 2.75) is 6.92 Å². The smallest absolute Gasteiger partial charge is 0.141 e. The number of para-hydroxylation sites is 1. The molecular weight excluding hydrogens is 258 g/mol. The van der Waals surface area contributed by atoms with Crippen LogP contribution in [0.3, 0.4) is 0 Å². The molecule has 0 aliphatic heterocycles. The molecule has 19 heavy (non-hydrogen) atoms. The molecule has 0 unspecified atom stereocenters. The van der Waals surface area contributed by atoms with E-state index in [1.807, 2.05) is 36.4 Å². The summed E-state index contributed by atoms with van der Waals surface area (Å²) in [7, 11) is 0. The van der Waals surface area contributed by atoms with Crippen LogP contribution in [0.1, 0.15) is 5.56 Å². The van der Waals surface area contributed by atoms with Gasteiger partial charge in [0, 0.05) is 16.1 Å². The number of fused-ring (bicyclic) bond motifs is 1. The molecule has 0 aliphatic rings. The average Bonchev–Trinajstić information content (AvgIpc) is 2.42. The van der Waals surface area contributed by atoms with Crippen molar-refractivity contribution in [2.24, 2.45) is 0 Å². The number of aromatic nitrogens is 2. The first-order valence-electron chi connectivity index (χ1n) is 5.97. The minimum Gasteiger partial charge on any atom is -0.339 e. The van der Waals surface area contributed by atoms with Crippen LogP contribution < -0.4 is 5.32 Å². The van der Waals surface area contributed by atoms with Crippen LogP contribution in [0.4, 0.5) is 11.5 Å². The van der Waals surface area contributed by atoms with Gasteiger partial charge in [-0.3, -0.25) is 0 Å². The van der Waals surface area contributed by atoms with E-state index < -0.39 is 0 Å². The van der Waals surface area contributed by atoms with E-state index in [2.05, 4.69) is 28.3 Å². The maximum atomic E-state index is 6.04. The van der Waals surface area contributed by atoms with Crippen LogP contribution >= 0.6 is 11.6 Å². The summed E-state index contributed by atoms with van der Waals surface area (Å²) in [5.41, 5.74) is 3.06. The van der Waals surface area contributed by atoms with Crippen molar-refractivity contribution >= 4 is 34.0 Å². The van der Waals surface area contributed by atoms with Crippen molar-refractivity contribution in [1.29, 1.82) is 0 Å². The minimum absolute atomic E-state index is 0.676. The summed E-state index contributed by atoms with van der Waals surface area (Å²) in [5.74, 6) is 0.766. The summed E-state index contributed by atoms with van der Waals surface area (Å²) in [5, 5.41) is 4.92. The van der Waals surface area contributed by atoms with Gasteiger partial charge in [-0.15, -0.1) is 0 Å². The Labute approximate surface area is 116 Å². The first kappa shape index (κ1) is 11.9. The van der Waals surface area contributed by atoms with Crippen molar-refractivity contribution in [3.63, 3.8) is 0 Å². The van der Waals surface area contributed by atoms with Crippen molar-refractivity contribution in [3.8, 4) is 0 Å². The maximum Gasteiger partial charge on any atom is 0.141 e. The van der Waals surface area contributed by atoms with Gasteiger partial charge in [-0.2, -0.15) is 0 Å². The second kappa shape index (κ2) is 4.86. The highest BCUT2D eigenvalue weighted by atomic mass is 35.5. The molecule has 94 valence electrons. The van der Waals surface area contributed by atoms with Gasteiger partial charge in [-0.05, 0) is 36.8 Å². The van der Waals surface area contributed by atoms with E-state index in [-0.39, 0.29) is 0 Å². The Bertz CT molecular complexity index is 740. The number of hydrogen-bond acceptors (Lipinski definition) is 3. The Morgan fingerprint density at radius 2 is 1.89 bits per heavy atom. The van der Waals surface area contributed by atoms with E-state index in [9.17, 15) is 0 Å². The lowest BCUT2D eigenvalue weighted by Crippen LogP contribution is -1.97. The second-order valence-electron chi connectivity index (χ2n) is 4.32. The molecule has 0 fully saturated rings. The first-order valence-corrected chi connectivity index (χ1v) is 6.35. The number of nitrogens with one attached hydrogen (secondary N) is 1. The molecule has 0 radical (unpaired) electrons. The molecule has 0 spiro atoms. The topological polar surface area (TPSA) is 37.8 Å². The molecule has 1 aromatic heterocycles. The van der Waals surface area contributed by atoms with E-state index in [0.717, 1.165) is 28.0 Å². The molecular formula is C15H12ClN3. The van der Waals surface area contributed by atoms with Gasteiger partial charge in [0.15, 0.2) is 0 Å². The zero-order chi connectivity index (χ0) is 13.2. The minimum atomic E-state index is 0.676. The second-order valence-corrected chi connectivity index (χ2v) is 4.76. The third kappa shape index (κ3) is 2.37. The molecule has 3 aromatic rings. The Kier molecular flexibility index (Phi) is 3.05. The van der Waals surface area contributed by atoms with Gasteiger partial charge >= 0.3 is 0 Å². The lowest BCUT2D eigenvalue weighted by atomic mass is 10.2. The Morgan fingerprint density at radius 3 is 2.74 bits per heavy atom. The van der Waals surface area contributed by atoms with Crippen LogP contribution in [-0.2, 0) is 0 Å². The molecule has 0 saturated heterocycles. The van der Waals surface area contributed by atoms with Gasteiger partial charge in [0.05, 0.1) is 5.52 Å². The van der Waals surface area contributed by atoms with Gasteiger partial charge in [0.25, 0.3) is 0 Å². The number of anilines is 2. The Hall–Kier alpha value is -2.13. The van der Waals surface area contributed by atoms with Crippen LogP contribution in [0.5, 0.6) is 0 Å². The summed E-state index contributed by atoms with van der Waals surface area (Å²) in [6.45, 7) is 2.05. The summed E-state index contributed by atoms with van der Waals surface area (Å²) < 4.78 is 0. The summed E-state index contributed by atoms with van der Waals surface area (Å²) in [4.78, 5) is 8.54. The lowest BCUT2D eigenvalue weighted by molar-refractivity contribution is 1.21. The SMILES string of the molecule is Cc1ccccc1Nc1ncnc2ccc(Cl)cc12. The highest BCUT2D eigenvalue weighted by Crippen LogP contribution is 2.26. The van der Waals surface area contributed by atoms with E-state index in [0.29, 0.717) is 5.02 Å². The maximum absolute atomic E-state index is 6.04. The van der Waals surface area contributed by atoms with Gasteiger partial charge in [0.2, 0.25) is 0 Å². The fraction of sp³-hybridized carbons (Fsp3) is 0.0667. The lowest BCUT2D eigenvalue weighted by Gasteiger charge is -2.10. The summed E-state index contributed by atoms with van der Waals surface area (Å²) in [6, 6.07) is 13.7. The molecule has 0 amide bonds. The van der Waals surface area contributed by atoms with Gasteiger partial charge in [-0.25, -0.2) is 9.97 Å². The quantitative estimate of drug-likeness (QED) is 0.752. The highest BCUT2D eigenvalue weighted by molar-refractivity contribution is 6.31. The number of benzene rings is 2. The van der Waals surface area contributed by atoms with Crippen LogP contribution in [0.15, 0.2) is 48.8 Å². The largest absolute Gasteiger partial charge is 0.339 e. The monoisotopic (exact) mass is 269 g/mol. The van der Waals surface area contributed by atoms with Gasteiger partial charge in [0.1, 0.15) is 12.1 Å². The van der Waals surface area contributed by atoms with Crippen LogP contribution in [0.2, 0.25) is 5.02 Å². The standard InChI is InChI=1S/C15H12ClN3/c1-10-4-2-3-5-13(10)19-15-12-8-11(16)6-7-14(12)17-9-18-15/h2-9H,1H3,(H,17,18,19). The van der Waals surface area contributed by atoms with E-state index >= 15 is 0 Å². The number of aryl methyl sites for hydroxylation is 1. The predicted octanol–water partition coefficient (Wildman–Crippen LogP) is 4.34. The number of nitrogens with zero attached hydrogens (tertiary/aromatic N) is 2. The fourth-order valence-electron chi connectivity index (χ4n) is 1.97. The number of rotatable bonds is 2. The van der Waals surface area contributed by atoms with E-state index in [1.165, 1.54) is 0 Å². The molecule has 1 heterocycles. The molecule has 0 saturated carbocycles. The normalized spacial score (nSPS) is 10.6. The van der Waals surface area contributed by atoms with Crippen LogP contribution in [0.25, 0.3) is 10.9 Å². The Morgan fingerprint density at radius 1 is 1.05 bits per heavy atom. The third-order valence-electron chi connectivity index (χ3n) is 3.00. The van der Waals surface area contributed by atoms with Gasteiger partial charge in [-0.1, -0.05) is 29.8 Å². The number of halogens is 1. The predicted molar refractivity (Wildman–Crippen MR) is 79.0 cm³/mol. The van der Waals surface area contributed by atoms with Crippen LogP contribution in [0, 0.1) is 6.92 Å². The molecule has 3 rings (SSSR count). The van der Waals surface area contributed by atoms with Gasteiger partial charge < -0.3 is 5.32 Å². The van der Waals surface area contributed by atoms with Crippen molar-refractivity contribution in [2.75, 3.05) is 5.32 Å². The zero-order valence-corrected chi connectivity index (χ0v) is 11.1. The van der Waals surface area contributed by atoms with Crippen molar-refractivity contribution in [3.05, 3.63) is 59.4 Å². The highest BCUT2D eigenvalue weighted by Gasteiger charge is 2.05. The first-order chi connectivity index (χ1) is 9.24. The fourth-order valence-corrected chi connectivity index (χ4v) is 2.14. The third-order valence-corrected chi connectivity index (χ3v) is 3.23. The molecule has 4 heteroatoms. The Balaban J connectivity index is 2.10.